The predicted octanol–water partition coefficient (Wildman–Crippen LogP) is 5.50. The molecule has 40 heavy (non-hydrogen) atoms. The van der Waals surface area contributed by atoms with E-state index in [0.717, 1.165) is 67.5 Å². The molecule has 1 saturated carbocycles. The van der Waals surface area contributed by atoms with Crippen molar-refractivity contribution in [2.24, 2.45) is 5.92 Å². The van der Waals surface area contributed by atoms with E-state index in [1.54, 1.807) is 0 Å². The predicted molar refractivity (Wildman–Crippen MR) is 155 cm³/mol. The summed E-state index contributed by atoms with van der Waals surface area (Å²) in [6.07, 6.45) is 6.95. The molecule has 1 aromatic carbocycles. The number of aromatic nitrogens is 2. The van der Waals surface area contributed by atoms with E-state index in [-0.39, 0.29) is 5.78 Å². The van der Waals surface area contributed by atoms with Gasteiger partial charge in [-0.2, -0.15) is 0 Å². The van der Waals surface area contributed by atoms with Gasteiger partial charge in [-0.1, -0.05) is 19.9 Å². The molecule has 0 spiro atoms. The molecule has 2 aliphatic rings. The number of carbonyl (C=O) groups excluding carboxylic acids is 1. The summed E-state index contributed by atoms with van der Waals surface area (Å²) >= 11 is 0. The summed E-state index contributed by atoms with van der Waals surface area (Å²) in [5.41, 5.74) is 5.02. The summed E-state index contributed by atoms with van der Waals surface area (Å²) in [5, 5.41) is 14.3. The number of ketones is 1. The van der Waals surface area contributed by atoms with Crippen LogP contribution in [0.4, 0.5) is 5.82 Å². The number of carbonyl (C=O) groups is 1. The summed E-state index contributed by atoms with van der Waals surface area (Å²) in [6, 6.07) is 10.5. The van der Waals surface area contributed by atoms with Crippen molar-refractivity contribution < 1.29 is 19.1 Å². The minimum atomic E-state index is -0.553. The number of aliphatic hydroxyl groups is 1. The van der Waals surface area contributed by atoms with E-state index < -0.39 is 6.10 Å². The molecule has 1 atom stereocenters. The maximum absolute atomic E-state index is 13.1. The van der Waals surface area contributed by atoms with Gasteiger partial charge in [0, 0.05) is 43.4 Å². The van der Waals surface area contributed by atoms with Crippen molar-refractivity contribution in [1.29, 1.82) is 0 Å². The molecule has 3 aromatic rings. The molecule has 1 fully saturated rings. The van der Waals surface area contributed by atoms with Gasteiger partial charge in [-0.15, -0.1) is 0 Å². The number of hydrogen-bond donors (Lipinski definition) is 2. The van der Waals surface area contributed by atoms with Crippen LogP contribution in [0.15, 0.2) is 41.1 Å². The smallest absolute Gasteiger partial charge is 0.181 e. The third kappa shape index (κ3) is 7.49. The average molecular weight is 547 g/mol. The van der Waals surface area contributed by atoms with Gasteiger partial charge in [0.2, 0.25) is 0 Å². The molecule has 0 amide bonds. The van der Waals surface area contributed by atoms with E-state index in [2.05, 4.69) is 41.2 Å². The summed E-state index contributed by atoms with van der Waals surface area (Å²) in [4.78, 5) is 24.3. The van der Waals surface area contributed by atoms with Crippen LogP contribution in [0.1, 0.15) is 84.6 Å². The molecule has 2 aromatic heterocycles. The van der Waals surface area contributed by atoms with Crippen molar-refractivity contribution in [3.05, 3.63) is 70.6 Å². The Balaban J connectivity index is 1.11. The minimum absolute atomic E-state index is 0.0696. The van der Waals surface area contributed by atoms with Gasteiger partial charge in [-0.05, 0) is 86.8 Å². The number of oxazole rings is 1. The molecule has 0 saturated heterocycles. The van der Waals surface area contributed by atoms with E-state index >= 15 is 0 Å². The van der Waals surface area contributed by atoms with Gasteiger partial charge >= 0.3 is 0 Å². The highest BCUT2D eigenvalue weighted by molar-refractivity contribution is 5.96. The normalized spacial score (nSPS) is 16.4. The number of nitrogens with one attached hydrogen (secondary N) is 1. The molecular formula is C32H42N4O4. The van der Waals surface area contributed by atoms with Crippen LogP contribution in [-0.2, 0) is 26.0 Å². The summed E-state index contributed by atoms with van der Waals surface area (Å²) in [5.74, 6) is 2.90. The fourth-order valence-corrected chi connectivity index (χ4v) is 5.39. The van der Waals surface area contributed by atoms with E-state index in [1.165, 1.54) is 23.9 Å². The minimum Gasteiger partial charge on any atom is -0.486 e. The number of ether oxygens (including phenoxy) is 1. The van der Waals surface area contributed by atoms with E-state index in [1.807, 2.05) is 25.1 Å². The Hall–Kier alpha value is -3.23. The number of rotatable bonds is 13. The second-order valence-corrected chi connectivity index (χ2v) is 11.8. The number of hydrogen-bond acceptors (Lipinski definition) is 8. The highest BCUT2D eigenvalue weighted by atomic mass is 16.5. The quantitative estimate of drug-likeness (QED) is 0.271. The van der Waals surface area contributed by atoms with Crippen molar-refractivity contribution in [2.45, 2.75) is 91.0 Å². The number of fused-ring (bicyclic) bond motifs is 1. The van der Waals surface area contributed by atoms with Gasteiger partial charge in [-0.3, -0.25) is 9.69 Å². The lowest BCUT2D eigenvalue weighted by Gasteiger charge is -2.30. The van der Waals surface area contributed by atoms with Crippen molar-refractivity contribution >= 4 is 11.6 Å². The number of aryl methyl sites for hydroxylation is 1. The summed E-state index contributed by atoms with van der Waals surface area (Å²) in [7, 11) is 0. The Morgan fingerprint density at radius 1 is 1.23 bits per heavy atom. The van der Waals surface area contributed by atoms with Gasteiger partial charge in [-0.25, -0.2) is 9.97 Å². The van der Waals surface area contributed by atoms with Crippen LogP contribution in [0, 0.1) is 12.8 Å². The van der Waals surface area contributed by atoms with Crippen molar-refractivity contribution in [1.82, 2.24) is 14.9 Å². The van der Waals surface area contributed by atoms with Gasteiger partial charge in [0.25, 0.3) is 0 Å². The number of Topliss-reactive ketones (excluding diaryl/α,β-unsaturated/α-hetero) is 1. The summed E-state index contributed by atoms with van der Waals surface area (Å²) in [6.45, 7) is 8.79. The van der Waals surface area contributed by atoms with Crippen LogP contribution in [-0.4, -0.2) is 51.0 Å². The maximum Gasteiger partial charge on any atom is 0.181 e. The van der Waals surface area contributed by atoms with Crippen LogP contribution in [0.25, 0.3) is 0 Å². The van der Waals surface area contributed by atoms with Crippen molar-refractivity contribution in [2.75, 3.05) is 18.4 Å². The number of anilines is 1. The molecule has 0 radical (unpaired) electrons. The number of nitrogens with zero attached hydrogens (tertiary/aromatic N) is 3. The van der Waals surface area contributed by atoms with Crippen LogP contribution < -0.4 is 10.1 Å². The zero-order valence-corrected chi connectivity index (χ0v) is 24.0. The Morgan fingerprint density at radius 3 is 2.80 bits per heavy atom. The SMILES string of the molecule is Cc1ncoc1COc1ccc2c(c1)CCN(C[C@@H](O)CCC(=O)c1cc(CC(C)C)nc(NC3CCC3)c1)C2. The first-order valence-corrected chi connectivity index (χ1v) is 14.7. The van der Waals surface area contributed by atoms with Crippen LogP contribution in [0.5, 0.6) is 5.75 Å². The van der Waals surface area contributed by atoms with Crippen molar-refractivity contribution in [3.8, 4) is 5.75 Å². The number of β-amino-alcohol motifs (C(OH)–C–C–N with tert-alkyl or cyclic N) is 1. The number of pyridine rings is 1. The molecule has 5 rings (SSSR count). The van der Waals surface area contributed by atoms with E-state index in [4.69, 9.17) is 14.1 Å². The molecule has 2 N–H and O–H groups in total. The van der Waals surface area contributed by atoms with Crippen LogP contribution >= 0.6 is 0 Å². The maximum atomic E-state index is 13.1. The average Bonchev–Trinajstić information content (AvgIpc) is 3.32. The second-order valence-electron chi connectivity index (χ2n) is 11.8. The van der Waals surface area contributed by atoms with Gasteiger partial charge in [0.1, 0.15) is 18.2 Å². The first-order valence-electron chi connectivity index (χ1n) is 14.7. The molecular weight excluding hydrogens is 504 g/mol. The zero-order chi connectivity index (χ0) is 28.1. The Labute approximate surface area is 237 Å². The standard InChI is InChI=1S/C32H42N4O4/c1-21(2)13-27-14-25(16-32(35-27)34-26-5-4-6-26)30(38)10-8-28(37)18-36-12-11-23-15-29(9-7-24(23)17-36)39-19-31-22(3)33-20-40-31/h7,9,14-16,20-21,26,28,37H,4-6,8,10-13,17-19H2,1-3H3,(H,34,35)/t28-/m0/s1. The van der Waals surface area contributed by atoms with Gasteiger partial charge < -0.3 is 19.6 Å². The topological polar surface area (TPSA) is 101 Å². The van der Waals surface area contributed by atoms with E-state index in [9.17, 15) is 9.90 Å². The Bertz CT molecular complexity index is 1300. The lowest BCUT2D eigenvalue weighted by atomic mass is 9.93. The number of benzene rings is 1. The molecule has 8 nitrogen and oxygen atoms in total. The Kier molecular flexibility index (Phi) is 9.17. The molecule has 0 unspecified atom stereocenters. The van der Waals surface area contributed by atoms with E-state index in [0.29, 0.717) is 43.5 Å². The second kappa shape index (κ2) is 13.0. The van der Waals surface area contributed by atoms with Crippen LogP contribution in [0.3, 0.4) is 0 Å². The molecule has 8 heteroatoms. The van der Waals surface area contributed by atoms with Gasteiger partial charge in [0.15, 0.2) is 17.9 Å². The fraction of sp³-hybridized carbons (Fsp3) is 0.531. The number of aliphatic hydroxyl groups excluding tert-OH is 1. The largest absolute Gasteiger partial charge is 0.486 e. The monoisotopic (exact) mass is 546 g/mol. The highest BCUT2D eigenvalue weighted by Gasteiger charge is 2.22. The molecule has 3 heterocycles. The summed E-state index contributed by atoms with van der Waals surface area (Å²) < 4.78 is 11.3. The van der Waals surface area contributed by atoms with Crippen LogP contribution in [0.2, 0.25) is 0 Å². The van der Waals surface area contributed by atoms with Crippen molar-refractivity contribution in [3.63, 3.8) is 0 Å². The molecule has 1 aliphatic heterocycles. The lowest BCUT2D eigenvalue weighted by molar-refractivity contribution is 0.0836. The third-order valence-electron chi connectivity index (χ3n) is 7.93. The Morgan fingerprint density at radius 2 is 2.08 bits per heavy atom. The molecule has 0 bridgehead atoms. The molecule has 1 aliphatic carbocycles. The first-order chi connectivity index (χ1) is 19.3. The zero-order valence-electron chi connectivity index (χ0n) is 24.0. The highest BCUT2D eigenvalue weighted by Crippen LogP contribution is 2.26. The fourth-order valence-electron chi connectivity index (χ4n) is 5.39. The lowest BCUT2D eigenvalue weighted by Crippen LogP contribution is -2.36. The molecule has 214 valence electrons. The third-order valence-corrected chi connectivity index (χ3v) is 7.93. The first kappa shape index (κ1) is 28.3. The van der Waals surface area contributed by atoms with Gasteiger partial charge in [0.05, 0.1) is 11.8 Å².